The van der Waals surface area contributed by atoms with Gasteiger partial charge in [0.1, 0.15) is 6.10 Å². The normalized spacial score (nSPS) is 47.8. The summed E-state index contributed by atoms with van der Waals surface area (Å²) in [7, 11) is 3.46. The molecule has 0 radical (unpaired) electrons. The fourth-order valence-corrected chi connectivity index (χ4v) is 8.21. The molecule has 0 unspecified atom stereocenters. The second-order valence-corrected chi connectivity index (χ2v) is 9.31. The average Bonchev–Trinajstić information content (AvgIpc) is 3.31. The molecule has 0 aromatic heterocycles. The van der Waals surface area contributed by atoms with Crippen LogP contribution in [0.5, 0.6) is 0 Å². The van der Waals surface area contributed by atoms with Crippen LogP contribution in [0.2, 0.25) is 0 Å². The van der Waals surface area contributed by atoms with E-state index < -0.39 is 23.1 Å². The monoisotopic (exact) mass is 384 g/mol. The summed E-state index contributed by atoms with van der Waals surface area (Å²) in [6, 6.07) is 8.42. The molecule has 4 fully saturated rings. The number of fused-ring (bicyclic) bond motifs is 3. The fraction of sp³-hybridized carbons (Fsp3) is 0.682. The molecule has 1 spiro atoms. The highest BCUT2D eigenvalue weighted by atomic mass is 16.6. The van der Waals surface area contributed by atoms with Crippen LogP contribution in [0, 0.1) is 5.41 Å². The van der Waals surface area contributed by atoms with Gasteiger partial charge in [-0.2, -0.15) is 0 Å². The highest BCUT2D eigenvalue weighted by Crippen LogP contribution is 2.71. The summed E-state index contributed by atoms with van der Waals surface area (Å²) >= 11 is 0. The van der Waals surface area contributed by atoms with E-state index in [4.69, 9.17) is 9.47 Å². The third kappa shape index (κ3) is 1.43. The number of benzene rings is 1. The summed E-state index contributed by atoms with van der Waals surface area (Å²) in [5.74, 6) is -0.428. The highest BCUT2D eigenvalue weighted by molar-refractivity contribution is 5.87. The molecule has 28 heavy (non-hydrogen) atoms. The minimum Gasteiger partial charge on any atom is -0.467 e. The second-order valence-electron chi connectivity index (χ2n) is 9.31. The van der Waals surface area contributed by atoms with Crippen LogP contribution in [0.25, 0.3) is 0 Å². The van der Waals surface area contributed by atoms with Gasteiger partial charge in [0.25, 0.3) is 0 Å². The van der Waals surface area contributed by atoms with Crippen molar-refractivity contribution in [3.8, 4) is 0 Å². The maximum atomic E-state index is 13.4. The zero-order valence-electron chi connectivity index (χ0n) is 16.7. The van der Waals surface area contributed by atoms with Crippen molar-refractivity contribution >= 4 is 11.7 Å². The first-order valence-corrected chi connectivity index (χ1v) is 10.5. The molecule has 3 saturated heterocycles. The third-order valence-corrected chi connectivity index (χ3v) is 8.89. The number of likely N-dealkylation sites (N-methyl/N-ethyl adjacent to an activating group) is 1. The molecule has 4 heterocycles. The standard InChI is InChI=1S/C22H28N2O4/c1-4-20-15-9-11-24-12-10-21(16(20)24)13-7-5-6-8-14(13)23(2)17(21)22(28-15,18(20)25)19(26)27-3/h5-8,15-18,25H,4,9-12H2,1-3H3/t15-,16+,17-,18-,20-,21-,22+/m1/s1. The Morgan fingerprint density at radius 2 is 2.11 bits per heavy atom. The van der Waals surface area contributed by atoms with Crippen molar-refractivity contribution in [2.45, 2.75) is 61.5 Å². The minimum absolute atomic E-state index is 0.117. The van der Waals surface area contributed by atoms with Crippen molar-refractivity contribution in [2.24, 2.45) is 5.41 Å². The molecular formula is C22H28N2O4. The zero-order valence-corrected chi connectivity index (χ0v) is 16.7. The number of anilines is 1. The smallest absolute Gasteiger partial charge is 0.343 e. The molecule has 4 aliphatic heterocycles. The predicted molar refractivity (Wildman–Crippen MR) is 103 cm³/mol. The Balaban J connectivity index is 1.72. The van der Waals surface area contributed by atoms with E-state index >= 15 is 0 Å². The summed E-state index contributed by atoms with van der Waals surface area (Å²) in [5, 5.41) is 11.8. The largest absolute Gasteiger partial charge is 0.467 e. The second kappa shape index (κ2) is 5.10. The SMILES string of the molecule is CC[C@]12[C@@H]3N4CC[C@H]1O[C@@](C(=O)OC)([C@@H]1N(C)c5ccccc5[C@]31CC4)[C@@H]2O. The van der Waals surface area contributed by atoms with Crippen LogP contribution in [-0.4, -0.2) is 73.1 Å². The van der Waals surface area contributed by atoms with E-state index in [1.54, 1.807) is 0 Å². The number of aliphatic hydroxyl groups excluding tert-OH is 1. The van der Waals surface area contributed by atoms with E-state index in [-0.39, 0.29) is 23.6 Å². The van der Waals surface area contributed by atoms with Crippen LogP contribution in [0.4, 0.5) is 5.69 Å². The van der Waals surface area contributed by atoms with Gasteiger partial charge in [0.2, 0.25) is 5.60 Å². The number of esters is 1. The number of hydrogen-bond acceptors (Lipinski definition) is 6. The Morgan fingerprint density at radius 3 is 2.86 bits per heavy atom. The van der Waals surface area contributed by atoms with Crippen LogP contribution < -0.4 is 4.90 Å². The number of carbonyl (C=O) groups excluding carboxylic acids is 1. The van der Waals surface area contributed by atoms with Gasteiger partial charge in [-0.1, -0.05) is 25.1 Å². The number of nitrogens with zero attached hydrogens (tertiary/aromatic N) is 2. The Labute approximate surface area is 165 Å². The van der Waals surface area contributed by atoms with E-state index in [1.807, 2.05) is 7.05 Å². The van der Waals surface area contributed by atoms with Gasteiger partial charge in [0.05, 0.1) is 19.3 Å². The van der Waals surface area contributed by atoms with Gasteiger partial charge in [-0.15, -0.1) is 0 Å². The van der Waals surface area contributed by atoms with E-state index in [1.165, 1.54) is 12.7 Å². The van der Waals surface area contributed by atoms with Gasteiger partial charge in [0.15, 0.2) is 0 Å². The lowest BCUT2D eigenvalue weighted by Crippen LogP contribution is -2.78. The number of ether oxygens (including phenoxy) is 2. The number of rotatable bonds is 2. The molecule has 1 aromatic rings. The van der Waals surface area contributed by atoms with Crippen molar-refractivity contribution < 1.29 is 19.4 Å². The number of carbonyl (C=O) groups is 1. The summed E-state index contributed by atoms with van der Waals surface area (Å²) < 4.78 is 12.0. The summed E-state index contributed by atoms with van der Waals surface area (Å²) in [4.78, 5) is 18.1. The lowest BCUT2D eigenvalue weighted by Gasteiger charge is -2.60. The van der Waals surface area contributed by atoms with Crippen molar-refractivity contribution in [3.05, 3.63) is 29.8 Å². The van der Waals surface area contributed by atoms with Crippen LogP contribution in [0.15, 0.2) is 24.3 Å². The molecule has 1 saturated carbocycles. The topological polar surface area (TPSA) is 62.2 Å². The molecule has 7 atom stereocenters. The first-order valence-electron chi connectivity index (χ1n) is 10.5. The molecule has 6 heteroatoms. The summed E-state index contributed by atoms with van der Waals surface area (Å²) in [5.41, 5.74) is 0.426. The molecule has 1 N–H and O–H groups in total. The van der Waals surface area contributed by atoms with Crippen LogP contribution in [-0.2, 0) is 19.7 Å². The first-order chi connectivity index (χ1) is 13.5. The number of aliphatic hydroxyl groups is 1. The van der Waals surface area contributed by atoms with E-state index in [9.17, 15) is 9.90 Å². The lowest BCUT2D eigenvalue weighted by atomic mass is 9.48. The number of para-hydroxylation sites is 1. The quantitative estimate of drug-likeness (QED) is 0.776. The number of hydrogen-bond donors (Lipinski definition) is 1. The van der Waals surface area contributed by atoms with E-state index in [2.05, 4.69) is 41.0 Å². The number of piperidine rings is 1. The number of methoxy groups -OCH3 is 1. The predicted octanol–water partition coefficient (Wildman–Crippen LogP) is 1.30. The molecule has 1 aliphatic carbocycles. The summed E-state index contributed by atoms with van der Waals surface area (Å²) in [6.45, 7) is 4.11. The van der Waals surface area contributed by atoms with Crippen molar-refractivity contribution in [3.63, 3.8) is 0 Å². The Morgan fingerprint density at radius 1 is 1.32 bits per heavy atom. The maximum absolute atomic E-state index is 13.4. The van der Waals surface area contributed by atoms with Gasteiger partial charge in [-0.3, -0.25) is 4.90 Å². The average molecular weight is 384 g/mol. The van der Waals surface area contributed by atoms with Gasteiger partial charge in [0, 0.05) is 36.2 Å². The van der Waals surface area contributed by atoms with Gasteiger partial charge < -0.3 is 19.5 Å². The van der Waals surface area contributed by atoms with Crippen molar-refractivity contribution in [1.29, 1.82) is 0 Å². The van der Waals surface area contributed by atoms with Crippen LogP contribution in [0.3, 0.4) is 0 Å². The molecule has 5 aliphatic rings. The van der Waals surface area contributed by atoms with Gasteiger partial charge in [-0.25, -0.2) is 4.79 Å². The van der Waals surface area contributed by atoms with Crippen LogP contribution >= 0.6 is 0 Å². The maximum Gasteiger partial charge on any atom is 0.343 e. The third-order valence-electron chi connectivity index (χ3n) is 8.89. The minimum atomic E-state index is -1.35. The van der Waals surface area contributed by atoms with Crippen LogP contribution in [0.1, 0.15) is 31.7 Å². The van der Waals surface area contributed by atoms with Crippen molar-refractivity contribution in [1.82, 2.24) is 4.90 Å². The molecule has 0 amide bonds. The lowest BCUT2D eigenvalue weighted by molar-refractivity contribution is -0.188. The van der Waals surface area contributed by atoms with E-state index in [0.717, 1.165) is 38.0 Å². The molecule has 6 nitrogen and oxygen atoms in total. The first kappa shape index (κ1) is 17.2. The Bertz CT molecular complexity index is 876. The zero-order chi connectivity index (χ0) is 19.5. The Hall–Kier alpha value is -1.63. The Kier molecular flexibility index (Phi) is 3.14. The molecular weight excluding hydrogens is 356 g/mol. The molecule has 6 rings (SSSR count). The molecule has 2 bridgehead atoms. The van der Waals surface area contributed by atoms with Gasteiger partial charge >= 0.3 is 5.97 Å². The molecule has 1 aromatic carbocycles. The van der Waals surface area contributed by atoms with E-state index in [0.29, 0.717) is 0 Å². The molecule has 150 valence electrons. The highest BCUT2D eigenvalue weighted by Gasteiger charge is 2.85. The summed E-state index contributed by atoms with van der Waals surface area (Å²) in [6.07, 6.45) is 1.64. The van der Waals surface area contributed by atoms with Gasteiger partial charge in [-0.05, 0) is 37.4 Å². The fourth-order valence-electron chi connectivity index (χ4n) is 8.21. The van der Waals surface area contributed by atoms with Crippen molar-refractivity contribution in [2.75, 3.05) is 32.1 Å².